The van der Waals surface area contributed by atoms with Gasteiger partial charge in [-0.1, -0.05) is 35.3 Å². The number of carbonyl (C=O) groups is 1. The van der Waals surface area contributed by atoms with Crippen molar-refractivity contribution in [2.24, 2.45) is 0 Å². The molecule has 0 spiro atoms. The van der Waals surface area contributed by atoms with Crippen molar-refractivity contribution in [2.45, 2.75) is 5.75 Å². The third-order valence-corrected chi connectivity index (χ3v) is 5.43. The highest BCUT2D eigenvalue weighted by molar-refractivity contribution is 7.98. The van der Waals surface area contributed by atoms with Gasteiger partial charge in [-0.15, -0.1) is 0 Å². The van der Waals surface area contributed by atoms with Crippen LogP contribution in [0.3, 0.4) is 0 Å². The van der Waals surface area contributed by atoms with Crippen molar-refractivity contribution >= 4 is 56.6 Å². The normalized spacial score (nSPS) is 11.2. The van der Waals surface area contributed by atoms with Crippen molar-refractivity contribution in [3.05, 3.63) is 63.6 Å². The second-order valence-corrected chi connectivity index (χ2v) is 9.20. The van der Waals surface area contributed by atoms with E-state index in [4.69, 9.17) is 23.2 Å². The Morgan fingerprint density at radius 2 is 1.81 bits per heavy atom. The summed E-state index contributed by atoms with van der Waals surface area (Å²) in [7, 11) is -3.42. The quantitative estimate of drug-likeness (QED) is 0.617. The van der Waals surface area contributed by atoms with E-state index in [0.29, 0.717) is 17.1 Å². The van der Waals surface area contributed by atoms with Crippen LogP contribution < -0.4 is 10.0 Å². The monoisotopic (exact) mass is 432 g/mol. The molecule has 0 saturated heterocycles. The molecule has 5 nitrogen and oxygen atoms in total. The number of halogens is 2. The van der Waals surface area contributed by atoms with Gasteiger partial charge < -0.3 is 5.32 Å². The summed E-state index contributed by atoms with van der Waals surface area (Å²) in [5.41, 5.74) is 1.78. The zero-order valence-corrected chi connectivity index (χ0v) is 17.1. The zero-order chi connectivity index (χ0) is 19.2. The van der Waals surface area contributed by atoms with Gasteiger partial charge >= 0.3 is 0 Å². The summed E-state index contributed by atoms with van der Waals surface area (Å²) in [5, 5.41) is 3.69. The Kier molecular flexibility index (Phi) is 7.64. The number of nitrogens with one attached hydrogen (secondary N) is 2. The first-order chi connectivity index (χ1) is 12.2. The van der Waals surface area contributed by atoms with Gasteiger partial charge in [-0.2, -0.15) is 11.8 Å². The minimum Gasteiger partial charge on any atom is -0.351 e. The molecule has 0 unspecified atom stereocenters. The van der Waals surface area contributed by atoms with Crippen LogP contribution in [0.25, 0.3) is 0 Å². The van der Waals surface area contributed by atoms with Gasteiger partial charge in [0.15, 0.2) is 0 Å². The summed E-state index contributed by atoms with van der Waals surface area (Å²) in [6, 6.07) is 12.1. The SMILES string of the molecule is CS(=O)(=O)Nc1ccc(C(=O)NCCSCc2ccc(Cl)cc2)cc1Cl. The molecular formula is C17H18Cl2N2O3S2. The van der Waals surface area contributed by atoms with Crippen LogP contribution in [0.5, 0.6) is 0 Å². The van der Waals surface area contributed by atoms with Crippen LogP contribution in [0.4, 0.5) is 5.69 Å². The maximum Gasteiger partial charge on any atom is 0.251 e. The van der Waals surface area contributed by atoms with E-state index >= 15 is 0 Å². The summed E-state index contributed by atoms with van der Waals surface area (Å²) < 4.78 is 24.8. The molecule has 2 aromatic rings. The van der Waals surface area contributed by atoms with E-state index in [1.807, 2.05) is 24.3 Å². The molecule has 26 heavy (non-hydrogen) atoms. The van der Waals surface area contributed by atoms with Crippen LogP contribution in [0.1, 0.15) is 15.9 Å². The van der Waals surface area contributed by atoms with Gasteiger partial charge in [0, 0.05) is 28.6 Å². The molecule has 0 saturated carbocycles. The summed E-state index contributed by atoms with van der Waals surface area (Å²) in [4.78, 5) is 12.1. The number of carbonyl (C=O) groups excluding carboxylic acids is 1. The Balaban J connectivity index is 1.78. The highest BCUT2D eigenvalue weighted by Gasteiger charge is 2.11. The molecule has 0 aliphatic heterocycles. The second kappa shape index (κ2) is 9.50. The molecular weight excluding hydrogens is 415 g/mol. The molecule has 2 N–H and O–H groups in total. The van der Waals surface area contributed by atoms with Gasteiger partial charge in [0.25, 0.3) is 5.91 Å². The Morgan fingerprint density at radius 3 is 2.42 bits per heavy atom. The largest absolute Gasteiger partial charge is 0.351 e. The van der Waals surface area contributed by atoms with Crippen LogP contribution in [0.15, 0.2) is 42.5 Å². The maximum atomic E-state index is 12.1. The fourth-order valence-corrected chi connectivity index (χ4v) is 3.85. The third kappa shape index (κ3) is 7.07. The molecule has 0 aromatic heterocycles. The van der Waals surface area contributed by atoms with Gasteiger partial charge in [-0.05, 0) is 35.9 Å². The predicted octanol–water partition coefficient (Wildman–Crippen LogP) is 4.03. The van der Waals surface area contributed by atoms with Gasteiger partial charge in [0.1, 0.15) is 0 Å². The Morgan fingerprint density at radius 1 is 1.12 bits per heavy atom. The molecule has 2 aromatic carbocycles. The summed E-state index contributed by atoms with van der Waals surface area (Å²) in [6.07, 6.45) is 1.03. The topological polar surface area (TPSA) is 75.3 Å². The molecule has 140 valence electrons. The highest BCUT2D eigenvalue weighted by Crippen LogP contribution is 2.24. The minimum atomic E-state index is -3.42. The molecule has 0 heterocycles. The average molecular weight is 433 g/mol. The predicted molar refractivity (Wildman–Crippen MR) is 110 cm³/mol. The first kappa shape index (κ1) is 20.9. The van der Waals surface area contributed by atoms with E-state index in [0.717, 1.165) is 17.8 Å². The van der Waals surface area contributed by atoms with E-state index in [-0.39, 0.29) is 16.6 Å². The average Bonchev–Trinajstić information content (AvgIpc) is 2.56. The van der Waals surface area contributed by atoms with E-state index in [2.05, 4.69) is 10.0 Å². The van der Waals surface area contributed by atoms with E-state index < -0.39 is 10.0 Å². The van der Waals surface area contributed by atoms with Crippen LogP contribution in [-0.4, -0.2) is 32.9 Å². The standard InChI is InChI=1S/C17H18Cl2N2O3S2/c1-26(23,24)21-16-7-4-13(10-15(16)19)17(22)20-8-9-25-11-12-2-5-14(18)6-3-12/h2-7,10,21H,8-9,11H2,1H3,(H,20,22). The second-order valence-electron chi connectivity index (χ2n) is 5.50. The van der Waals surface area contributed by atoms with E-state index in [9.17, 15) is 13.2 Å². The van der Waals surface area contributed by atoms with Crippen LogP contribution in [-0.2, 0) is 15.8 Å². The van der Waals surface area contributed by atoms with Crippen LogP contribution >= 0.6 is 35.0 Å². The van der Waals surface area contributed by atoms with Crippen molar-refractivity contribution in [1.29, 1.82) is 0 Å². The van der Waals surface area contributed by atoms with Gasteiger partial charge in [-0.3, -0.25) is 9.52 Å². The molecule has 0 bridgehead atoms. The molecule has 1 amide bonds. The van der Waals surface area contributed by atoms with Crippen molar-refractivity contribution in [2.75, 3.05) is 23.3 Å². The van der Waals surface area contributed by atoms with Gasteiger partial charge in [-0.25, -0.2) is 8.42 Å². The molecule has 0 aliphatic carbocycles. The molecule has 0 fully saturated rings. The Hall–Kier alpha value is -1.41. The number of hydrogen-bond acceptors (Lipinski definition) is 4. The van der Waals surface area contributed by atoms with Crippen molar-refractivity contribution in [3.63, 3.8) is 0 Å². The molecule has 9 heteroatoms. The minimum absolute atomic E-state index is 0.167. The molecule has 0 aliphatic rings. The number of hydrogen-bond donors (Lipinski definition) is 2. The third-order valence-electron chi connectivity index (χ3n) is 3.24. The zero-order valence-electron chi connectivity index (χ0n) is 14.0. The van der Waals surface area contributed by atoms with Crippen molar-refractivity contribution < 1.29 is 13.2 Å². The summed E-state index contributed by atoms with van der Waals surface area (Å²) in [6.45, 7) is 0.512. The molecule has 2 rings (SSSR count). The van der Waals surface area contributed by atoms with E-state index in [1.165, 1.54) is 23.8 Å². The summed E-state index contributed by atoms with van der Waals surface area (Å²) in [5.74, 6) is 1.34. The van der Waals surface area contributed by atoms with E-state index in [1.54, 1.807) is 11.8 Å². The van der Waals surface area contributed by atoms with Crippen molar-refractivity contribution in [3.8, 4) is 0 Å². The number of rotatable bonds is 8. The lowest BCUT2D eigenvalue weighted by Gasteiger charge is -2.09. The number of anilines is 1. The molecule has 0 atom stereocenters. The van der Waals surface area contributed by atoms with Crippen LogP contribution in [0, 0.1) is 0 Å². The van der Waals surface area contributed by atoms with Crippen molar-refractivity contribution in [1.82, 2.24) is 5.32 Å². The van der Waals surface area contributed by atoms with Gasteiger partial charge in [0.05, 0.1) is 17.0 Å². The highest BCUT2D eigenvalue weighted by atomic mass is 35.5. The first-order valence-corrected chi connectivity index (χ1v) is 11.4. The Labute approximate surface area is 167 Å². The van der Waals surface area contributed by atoms with Gasteiger partial charge in [0.2, 0.25) is 10.0 Å². The lowest BCUT2D eigenvalue weighted by Crippen LogP contribution is -2.25. The van der Waals surface area contributed by atoms with Crippen LogP contribution in [0.2, 0.25) is 10.0 Å². The number of sulfonamides is 1. The fourth-order valence-electron chi connectivity index (χ4n) is 2.05. The number of amides is 1. The smallest absolute Gasteiger partial charge is 0.251 e. The fraction of sp³-hybridized carbons (Fsp3) is 0.235. The Bertz CT molecular complexity index is 872. The maximum absolute atomic E-state index is 12.1. The lowest BCUT2D eigenvalue weighted by atomic mass is 10.2. The lowest BCUT2D eigenvalue weighted by molar-refractivity contribution is 0.0956. The number of benzene rings is 2. The first-order valence-electron chi connectivity index (χ1n) is 7.62. The number of thioether (sulfide) groups is 1. The summed E-state index contributed by atoms with van der Waals surface area (Å²) >= 11 is 13.6. The molecule has 0 radical (unpaired) electrons.